The van der Waals surface area contributed by atoms with Gasteiger partial charge in [-0.25, -0.2) is 9.59 Å². The number of carbonyl (C=O) groups excluding carboxylic acids is 2. The average molecular weight is 541 g/mol. The number of aromatic nitrogens is 2. The molecule has 0 aliphatic carbocycles. The average Bonchev–Trinajstić information content (AvgIpc) is 2.90. The molecule has 212 valence electrons. The zero-order chi connectivity index (χ0) is 28.2. The molecule has 0 saturated carbocycles. The molecule has 1 unspecified atom stereocenters. The number of methoxy groups -OCH3 is 1. The van der Waals surface area contributed by atoms with Crippen LogP contribution < -0.4 is 22.5 Å². The van der Waals surface area contributed by atoms with Gasteiger partial charge in [-0.1, -0.05) is 12.1 Å². The Labute approximate surface area is 228 Å². The molecule has 5 N–H and O–H groups in total. The van der Waals surface area contributed by atoms with Gasteiger partial charge in [0.1, 0.15) is 5.82 Å². The molecule has 39 heavy (non-hydrogen) atoms. The Morgan fingerprint density at radius 2 is 1.79 bits per heavy atom. The number of nitrogens with two attached hydrogens (primary N) is 2. The third-order valence-electron chi connectivity index (χ3n) is 7.23. The molecule has 0 bridgehead atoms. The number of nitrogens with zero attached hydrogens (tertiary/aromatic N) is 5. The van der Waals surface area contributed by atoms with Gasteiger partial charge in [-0.3, -0.25) is 19.6 Å². The summed E-state index contributed by atoms with van der Waals surface area (Å²) in [5.41, 5.74) is 12.3. The van der Waals surface area contributed by atoms with E-state index in [2.05, 4.69) is 15.2 Å². The molecule has 4 rings (SSSR count). The van der Waals surface area contributed by atoms with Crippen LogP contribution >= 0.6 is 0 Å². The number of urea groups is 1. The number of likely N-dealkylation sites (tertiary alicyclic amines) is 1. The summed E-state index contributed by atoms with van der Waals surface area (Å²) in [4.78, 5) is 48.2. The molecule has 2 saturated heterocycles. The van der Waals surface area contributed by atoms with Gasteiger partial charge in [0.15, 0.2) is 0 Å². The molecule has 1 atom stereocenters. The normalized spacial score (nSPS) is 19.3. The first-order valence-electron chi connectivity index (χ1n) is 13.4. The molecule has 2 aliphatic heterocycles. The molecule has 2 fully saturated rings. The minimum atomic E-state index is -1.00. The van der Waals surface area contributed by atoms with E-state index in [1.165, 1.54) is 10.1 Å². The Balaban J connectivity index is 1.38. The Kier molecular flexibility index (Phi) is 9.01. The zero-order valence-corrected chi connectivity index (χ0v) is 23.0. The van der Waals surface area contributed by atoms with Crippen LogP contribution in [0.25, 0.3) is 5.69 Å². The van der Waals surface area contributed by atoms with Gasteiger partial charge in [-0.15, -0.1) is 0 Å². The van der Waals surface area contributed by atoms with Gasteiger partial charge in [0.05, 0.1) is 23.9 Å². The molecule has 12 nitrogen and oxygen atoms in total. The Hall–Kier alpha value is -3.32. The number of nitrogens with one attached hydrogen (secondary N) is 1. The topological polar surface area (TPSA) is 152 Å². The van der Waals surface area contributed by atoms with E-state index in [1.54, 1.807) is 43.0 Å². The SMILES string of the molecule is COCC1CN(C(=O)C(C)(C)N)CCN1C(=O)Nc1ccn(-c2ccc(CN3CCC(N)CC3)cc2)c(=O)n1. The minimum Gasteiger partial charge on any atom is -0.382 e. The molecule has 2 aliphatic rings. The summed E-state index contributed by atoms with van der Waals surface area (Å²) < 4.78 is 6.73. The zero-order valence-electron chi connectivity index (χ0n) is 23.0. The largest absolute Gasteiger partial charge is 0.382 e. The summed E-state index contributed by atoms with van der Waals surface area (Å²) >= 11 is 0. The van der Waals surface area contributed by atoms with Crippen molar-refractivity contribution in [1.82, 2.24) is 24.3 Å². The predicted octanol–water partition coefficient (Wildman–Crippen LogP) is 0.584. The quantitative estimate of drug-likeness (QED) is 0.461. The van der Waals surface area contributed by atoms with E-state index < -0.39 is 17.3 Å². The number of ether oxygens (including phenoxy) is 1. The Morgan fingerprint density at radius 3 is 2.41 bits per heavy atom. The number of rotatable bonds is 7. The maximum absolute atomic E-state index is 13.1. The molecule has 0 spiro atoms. The monoisotopic (exact) mass is 540 g/mol. The standard InChI is InChI=1S/C27H40N8O4/c1-27(2,29)24(36)33-14-15-35(22(17-33)18-39-3)26(38)31-23-10-13-34(25(37)30-23)21-6-4-19(5-7-21)16-32-11-8-20(28)9-12-32/h4-7,10,13,20,22H,8-9,11-12,14-18,28-29H2,1-3H3,(H,30,31,37,38). The first-order chi connectivity index (χ1) is 18.5. The lowest BCUT2D eigenvalue weighted by atomic mass is 10.0. The molecule has 3 amide bonds. The van der Waals surface area contributed by atoms with Crippen LogP contribution in [0.2, 0.25) is 0 Å². The Morgan fingerprint density at radius 1 is 1.10 bits per heavy atom. The lowest BCUT2D eigenvalue weighted by Crippen LogP contribution is -2.62. The summed E-state index contributed by atoms with van der Waals surface area (Å²) in [6.45, 7) is 7.36. The number of amides is 3. The van der Waals surface area contributed by atoms with Crippen LogP contribution in [0.3, 0.4) is 0 Å². The van der Waals surface area contributed by atoms with Crippen LogP contribution in [-0.2, 0) is 16.1 Å². The van der Waals surface area contributed by atoms with Crippen molar-refractivity contribution in [3.63, 3.8) is 0 Å². The van der Waals surface area contributed by atoms with E-state index >= 15 is 0 Å². The minimum absolute atomic E-state index is 0.152. The molecule has 1 aromatic carbocycles. The van der Waals surface area contributed by atoms with E-state index in [0.717, 1.165) is 32.5 Å². The summed E-state index contributed by atoms with van der Waals surface area (Å²) in [5.74, 6) is -0.0304. The maximum atomic E-state index is 13.1. The third-order valence-corrected chi connectivity index (χ3v) is 7.23. The van der Waals surface area contributed by atoms with Crippen molar-refractivity contribution in [3.8, 4) is 5.69 Å². The van der Waals surface area contributed by atoms with E-state index in [4.69, 9.17) is 16.2 Å². The molecule has 1 aromatic heterocycles. The van der Waals surface area contributed by atoms with Crippen LogP contribution in [0.1, 0.15) is 32.3 Å². The number of piperidine rings is 1. The summed E-state index contributed by atoms with van der Waals surface area (Å²) in [6.07, 6.45) is 3.62. The van der Waals surface area contributed by atoms with Crippen LogP contribution in [-0.4, -0.2) is 100 Å². The highest BCUT2D eigenvalue weighted by molar-refractivity contribution is 5.89. The molecular weight excluding hydrogens is 500 g/mol. The highest BCUT2D eigenvalue weighted by Crippen LogP contribution is 2.17. The molecular formula is C27H40N8O4. The number of hydrogen-bond donors (Lipinski definition) is 3. The number of hydrogen-bond acceptors (Lipinski definition) is 8. The van der Waals surface area contributed by atoms with Crippen LogP contribution in [0.15, 0.2) is 41.3 Å². The summed E-state index contributed by atoms with van der Waals surface area (Å²) in [5, 5.41) is 2.72. The summed E-state index contributed by atoms with van der Waals surface area (Å²) in [7, 11) is 1.54. The van der Waals surface area contributed by atoms with Crippen LogP contribution in [0.4, 0.5) is 10.6 Å². The second kappa shape index (κ2) is 12.2. The van der Waals surface area contributed by atoms with Gasteiger partial charge in [0.25, 0.3) is 0 Å². The van der Waals surface area contributed by atoms with E-state index in [1.807, 2.05) is 24.3 Å². The van der Waals surface area contributed by atoms with Crippen molar-refractivity contribution < 1.29 is 14.3 Å². The molecule has 0 radical (unpaired) electrons. The van der Waals surface area contributed by atoms with Crippen LogP contribution in [0, 0.1) is 0 Å². The number of anilines is 1. The molecule has 3 heterocycles. The van der Waals surface area contributed by atoms with Gasteiger partial charge in [-0.05, 0) is 63.5 Å². The molecule has 2 aromatic rings. The fourth-order valence-electron chi connectivity index (χ4n) is 5.03. The van der Waals surface area contributed by atoms with Gasteiger partial charge >= 0.3 is 11.7 Å². The second-order valence-electron chi connectivity index (χ2n) is 11.0. The van der Waals surface area contributed by atoms with E-state index in [0.29, 0.717) is 31.4 Å². The third kappa shape index (κ3) is 7.21. The van der Waals surface area contributed by atoms with Crippen molar-refractivity contribution in [2.75, 3.05) is 51.8 Å². The first-order valence-corrected chi connectivity index (χ1v) is 13.4. The predicted molar refractivity (Wildman–Crippen MR) is 149 cm³/mol. The number of carbonyl (C=O) groups is 2. The van der Waals surface area contributed by atoms with Crippen LogP contribution in [0.5, 0.6) is 0 Å². The summed E-state index contributed by atoms with van der Waals surface area (Å²) in [6, 6.07) is 8.92. The van der Waals surface area contributed by atoms with Crippen molar-refractivity contribution in [1.29, 1.82) is 0 Å². The fraction of sp³-hybridized carbons (Fsp3) is 0.556. The van der Waals surface area contributed by atoms with Crippen molar-refractivity contribution in [2.24, 2.45) is 11.5 Å². The van der Waals surface area contributed by atoms with E-state index in [-0.39, 0.29) is 24.4 Å². The first kappa shape index (κ1) is 28.7. The van der Waals surface area contributed by atoms with Crippen molar-refractivity contribution in [2.45, 2.75) is 50.9 Å². The second-order valence-corrected chi connectivity index (χ2v) is 11.0. The highest BCUT2D eigenvalue weighted by atomic mass is 16.5. The highest BCUT2D eigenvalue weighted by Gasteiger charge is 2.36. The van der Waals surface area contributed by atoms with Gasteiger partial charge in [-0.2, -0.15) is 4.98 Å². The van der Waals surface area contributed by atoms with Crippen molar-refractivity contribution >= 4 is 17.8 Å². The lowest BCUT2D eigenvalue weighted by Gasteiger charge is -2.42. The number of benzene rings is 1. The van der Waals surface area contributed by atoms with Gasteiger partial charge in [0, 0.05) is 45.5 Å². The van der Waals surface area contributed by atoms with Gasteiger partial charge < -0.3 is 26.0 Å². The van der Waals surface area contributed by atoms with E-state index in [9.17, 15) is 14.4 Å². The van der Waals surface area contributed by atoms with Crippen molar-refractivity contribution in [3.05, 3.63) is 52.6 Å². The smallest absolute Gasteiger partial charge is 0.354 e. The number of piperazine rings is 1. The Bertz CT molecular complexity index is 1200. The fourth-order valence-corrected chi connectivity index (χ4v) is 5.03. The molecule has 12 heteroatoms. The lowest BCUT2D eigenvalue weighted by molar-refractivity contribution is -0.138. The van der Waals surface area contributed by atoms with Gasteiger partial charge in [0.2, 0.25) is 5.91 Å². The maximum Gasteiger partial charge on any atom is 0.354 e.